The second-order valence-electron chi connectivity index (χ2n) is 6.91. The van der Waals surface area contributed by atoms with Gasteiger partial charge in [-0.2, -0.15) is 0 Å². The number of benzene rings is 2. The molecule has 2 amide bonds. The molecule has 4 rings (SSSR count). The normalized spacial score (nSPS) is 12.9. The number of aromatic nitrogens is 1. The standard InChI is InChI=1S/C22H20FN3O4/c23-16-8-6-15(7-9-16)12-24-22(28)21-18-13-26(11-10-19(18)30-25-21)20(27)14-29-17-4-2-1-3-5-17/h1-9H,10-14H2,(H,24,28). The van der Waals surface area contributed by atoms with Gasteiger partial charge in [0.2, 0.25) is 0 Å². The van der Waals surface area contributed by atoms with Crippen molar-refractivity contribution >= 4 is 11.8 Å². The highest BCUT2D eigenvalue weighted by atomic mass is 19.1. The molecule has 154 valence electrons. The van der Waals surface area contributed by atoms with Crippen LogP contribution in [0.4, 0.5) is 4.39 Å². The zero-order valence-electron chi connectivity index (χ0n) is 16.1. The predicted molar refractivity (Wildman–Crippen MR) is 105 cm³/mol. The Morgan fingerprint density at radius 3 is 2.67 bits per heavy atom. The van der Waals surface area contributed by atoms with Gasteiger partial charge in [0, 0.05) is 25.1 Å². The molecule has 0 saturated heterocycles. The fourth-order valence-corrected chi connectivity index (χ4v) is 3.22. The summed E-state index contributed by atoms with van der Waals surface area (Å²) in [6, 6.07) is 15.0. The molecule has 7 nitrogen and oxygen atoms in total. The van der Waals surface area contributed by atoms with Crippen LogP contribution in [0.5, 0.6) is 5.75 Å². The fraction of sp³-hybridized carbons (Fsp3) is 0.227. The number of carbonyl (C=O) groups excluding carboxylic acids is 2. The molecule has 0 radical (unpaired) electrons. The summed E-state index contributed by atoms with van der Waals surface area (Å²) in [4.78, 5) is 26.7. The van der Waals surface area contributed by atoms with Crippen LogP contribution in [0.1, 0.15) is 27.4 Å². The lowest BCUT2D eigenvalue weighted by Crippen LogP contribution is -2.39. The van der Waals surface area contributed by atoms with Crippen LogP contribution in [-0.2, 0) is 24.3 Å². The first-order valence-electron chi connectivity index (χ1n) is 9.56. The number of hydrogen-bond donors (Lipinski definition) is 1. The van der Waals surface area contributed by atoms with Crippen LogP contribution >= 0.6 is 0 Å². The molecule has 2 aromatic carbocycles. The summed E-state index contributed by atoms with van der Waals surface area (Å²) >= 11 is 0. The summed E-state index contributed by atoms with van der Waals surface area (Å²) in [6.07, 6.45) is 0.477. The third kappa shape index (κ3) is 4.48. The van der Waals surface area contributed by atoms with Gasteiger partial charge < -0.3 is 19.5 Å². The van der Waals surface area contributed by atoms with Crippen molar-refractivity contribution in [3.05, 3.63) is 83.0 Å². The average Bonchev–Trinajstić information content (AvgIpc) is 3.21. The van der Waals surface area contributed by atoms with Crippen LogP contribution < -0.4 is 10.1 Å². The molecule has 1 aliphatic rings. The monoisotopic (exact) mass is 409 g/mol. The minimum atomic E-state index is -0.404. The highest BCUT2D eigenvalue weighted by Crippen LogP contribution is 2.23. The van der Waals surface area contributed by atoms with E-state index in [1.54, 1.807) is 29.2 Å². The lowest BCUT2D eigenvalue weighted by molar-refractivity contribution is -0.134. The second-order valence-corrected chi connectivity index (χ2v) is 6.91. The van der Waals surface area contributed by atoms with Gasteiger partial charge in [0.05, 0.1) is 6.54 Å². The number of hydrogen-bond acceptors (Lipinski definition) is 5. The van der Waals surface area contributed by atoms with E-state index >= 15 is 0 Å². The van der Waals surface area contributed by atoms with E-state index in [-0.39, 0.29) is 37.1 Å². The predicted octanol–water partition coefficient (Wildman–Crippen LogP) is 2.71. The third-order valence-corrected chi connectivity index (χ3v) is 4.87. The number of fused-ring (bicyclic) bond motifs is 1. The number of nitrogens with one attached hydrogen (secondary N) is 1. The van der Waals surface area contributed by atoms with Gasteiger partial charge in [-0.25, -0.2) is 4.39 Å². The van der Waals surface area contributed by atoms with Gasteiger partial charge in [0.25, 0.3) is 11.8 Å². The van der Waals surface area contributed by atoms with Crippen molar-refractivity contribution in [3.8, 4) is 5.75 Å². The molecule has 0 bridgehead atoms. The van der Waals surface area contributed by atoms with Gasteiger partial charge in [-0.3, -0.25) is 9.59 Å². The van der Waals surface area contributed by atoms with Crippen LogP contribution in [0.2, 0.25) is 0 Å². The Bertz CT molecular complexity index is 1030. The van der Waals surface area contributed by atoms with E-state index < -0.39 is 5.91 Å². The van der Waals surface area contributed by atoms with E-state index in [0.717, 1.165) is 5.56 Å². The zero-order valence-corrected chi connectivity index (χ0v) is 16.1. The Kier molecular flexibility index (Phi) is 5.74. The number of carbonyl (C=O) groups is 2. The molecule has 0 fully saturated rings. The maximum Gasteiger partial charge on any atom is 0.274 e. The van der Waals surface area contributed by atoms with E-state index in [2.05, 4.69) is 10.5 Å². The largest absolute Gasteiger partial charge is 0.484 e. The molecule has 3 aromatic rings. The number of halogens is 1. The topological polar surface area (TPSA) is 84.7 Å². The van der Waals surface area contributed by atoms with Gasteiger partial charge >= 0.3 is 0 Å². The quantitative estimate of drug-likeness (QED) is 0.677. The van der Waals surface area contributed by atoms with Crippen LogP contribution in [0.25, 0.3) is 0 Å². The van der Waals surface area contributed by atoms with Crippen molar-refractivity contribution in [2.24, 2.45) is 0 Å². The van der Waals surface area contributed by atoms with Gasteiger partial charge in [0.1, 0.15) is 17.3 Å². The molecule has 1 N–H and O–H groups in total. The summed E-state index contributed by atoms with van der Waals surface area (Å²) in [5.41, 5.74) is 1.52. The van der Waals surface area contributed by atoms with Crippen LogP contribution in [0.3, 0.4) is 0 Å². The minimum absolute atomic E-state index is 0.0866. The van der Waals surface area contributed by atoms with E-state index in [4.69, 9.17) is 9.26 Å². The Labute approximate surface area is 172 Å². The molecule has 0 atom stereocenters. The lowest BCUT2D eigenvalue weighted by atomic mass is 10.1. The molecule has 1 aliphatic heterocycles. The van der Waals surface area contributed by atoms with Crippen molar-refractivity contribution in [1.82, 2.24) is 15.4 Å². The Hall–Kier alpha value is -3.68. The first kappa shape index (κ1) is 19.6. The highest BCUT2D eigenvalue weighted by Gasteiger charge is 2.29. The van der Waals surface area contributed by atoms with Gasteiger partial charge in [0.15, 0.2) is 12.3 Å². The molecular weight excluding hydrogens is 389 g/mol. The van der Waals surface area contributed by atoms with Crippen molar-refractivity contribution < 1.29 is 23.2 Å². The Morgan fingerprint density at radius 2 is 1.90 bits per heavy atom. The summed E-state index contributed by atoms with van der Waals surface area (Å²) in [5.74, 6) is 0.309. The van der Waals surface area contributed by atoms with Crippen molar-refractivity contribution in [3.63, 3.8) is 0 Å². The van der Waals surface area contributed by atoms with Crippen molar-refractivity contribution in [2.75, 3.05) is 13.2 Å². The van der Waals surface area contributed by atoms with E-state index in [1.165, 1.54) is 12.1 Å². The Morgan fingerprint density at radius 1 is 1.13 bits per heavy atom. The molecule has 0 aliphatic carbocycles. The van der Waals surface area contributed by atoms with E-state index in [1.807, 2.05) is 18.2 Å². The molecule has 8 heteroatoms. The minimum Gasteiger partial charge on any atom is -0.484 e. The number of rotatable bonds is 6. The van der Waals surface area contributed by atoms with Gasteiger partial charge in [-0.1, -0.05) is 35.5 Å². The number of amides is 2. The van der Waals surface area contributed by atoms with Crippen molar-refractivity contribution in [1.29, 1.82) is 0 Å². The lowest BCUT2D eigenvalue weighted by Gasteiger charge is -2.26. The highest BCUT2D eigenvalue weighted by molar-refractivity contribution is 5.94. The second kappa shape index (κ2) is 8.77. The average molecular weight is 409 g/mol. The molecule has 2 heterocycles. The number of para-hydroxylation sites is 1. The van der Waals surface area contributed by atoms with E-state index in [9.17, 15) is 14.0 Å². The number of nitrogens with zero attached hydrogens (tertiary/aromatic N) is 2. The fourth-order valence-electron chi connectivity index (χ4n) is 3.22. The smallest absolute Gasteiger partial charge is 0.274 e. The summed E-state index contributed by atoms with van der Waals surface area (Å²) < 4.78 is 23.8. The maximum absolute atomic E-state index is 13.0. The van der Waals surface area contributed by atoms with Crippen LogP contribution in [0.15, 0.2) is 59.1 Å². The molecule has 0 unspecified atom stereocenters. The van der Waals surface area contributed by atoms with Crippen LogP contribution in [0, 0.1) is 5.82 Å². The molecule has 0 saturated carbocycles. The third-order valence-electron chi connectivity index (χ3n) is 4.87. The molecule has 0 spiro atoms. The first-order chi connectivity index (χ1) is 14.6. The SMILES string of the molecule is O=C(NCc1ccc(F)cc1)c1noc2c1CN(C(=O)COc1ccccc1)CC2. The molecular formula is C22H20FN3O4. The molecule has 1 aromatic heterocycles. The maximum atomic E-state index is 13.0. The summed E-state index contributed by atoms with van der Waals surface area (Å²) in [6.45, 7) is 0.843. The summed E-state index contributed by atoms with van der Waals surface area (Å²) in [7, 11) is 0. The van der Waals surface area contributed by atoms with Crippen molar-refractivity contribution in [2.45, 2.75) is 19.5 Å². The first-order valence-corrected chi connectivity index (χ1v) is 9.56. The van der Waals surface area contributed by atoms with Crippen LogP contribution in [-0.4, -0.2) is 35.0 Å². The summed E-state index contributed by atoms with van der Waals surface area (Å²) in [5, 5.41) is 6.64. The zero-order chi connectivity index (χ0) is 20.9. The Balaban J connectivity index is 1.37. The van der Waals surface area contributed by atoms with E-state index in [0.29, 0.717) is 30.0 Å². The molecule has 30 heavy (non-hydrogen) atoms. The number of ether oxygens (including phenoxy) is 1. The van der Waals surface area contributed by atoms with Gasteiger partial charge in [-0.05, 0) is 29.8 Å². The van der Waals surface area contributed by atoms with Gasteiger partial charge in [-0.15, -0.1) is 0 Å².